The summed E-state index contributed by atoms with van der Waals surface area (Å²) in [5, 5.41) is 0. The monoisotopic (exact) mass is 284 g/mol. The van der Waals surface area contributed by atoms with Crippen molar-refractivity contribution in [2.45, 2.75) is 6.54 Å². The van der Waals surface area contributed by atoms with Crippen molar-refractivity contribution in [2.24, 2.45) is 7.05 Å². The number of carbonyl (C=O) groups is 1. The van der Waals surface area contributed by atoms with E-state index in [-0.39, 0.29) is 5.91 Å². The second-order valence-corrected chi connectivity index (χ2v) is 5.43. The van der Waals surface area contributed by atoms with E-state index in [2.05, 4.69) is 9.88 Å². The van der Waals surface area contributed by atoms with Crippen LogP contribution in [0.1, 0.15) is 16.1 Å². The van der Waals surface area contributed by atoms with Gasteiger partial charge in [-0.2, -0.15) is 0 Å². The van der Waals surface area contributed by atoms with E-state index in [1.165, 1.54) is 5.56 Å². The van der Waals surface area contributed by atoms with Gasteiger partial charge in [0.2, 0.25) is 0 Å². The van der Waals surface area contributed by atoms with E-state index >= 15 is 0 Å². The highest BCUT2D eigenvalue weighted by molar-refractivity contribution is 5.92. The molecule has 0 unspecified atom stereocenters. The topological polar surface area (TPSA) is 41.4 Å². The Bertz CT molecular complexity index is 600. The molecule has 0 N–H and O–H groups in total. The maximum absolute atomic E-state index is 12.4. The van der Waals surface area contributed by atoms with Crippen LogP contribution in [0.15, 0.2) is 42.9 Å². The molecular weight excluding hydrogens is 264 g/mol. The summed E-state index contributed by atoms with van der Waals surface area (Å²) in [5.74, 6) is 0.131. The summed E-state index contributed by atoms with van der Waals surface area (Å²) < 4.78 is 1.88. The lowest BCUT2D eigenvalue weighted by Gasteiger charge is -2.34. The van der Waals surface area contributed by atoms with Crippen molar-refractivity contribution < 1.29 is 4.79 Å². The van der Waals surface area contributed by atoms with Gasteiger partial charge in [-0.15, -0.1) is 0 Å². The standard InChI is InChI=1S/C16H20N4O/c1-18-8-2-3-15(18)16(21)20-11-9-19(10-12-20)13-14-4-6-17-7-5-14/h2-8H,9-13H2,1H3. The normalized spacial score (nSPS) is 16.1. The van der Waals surface area contributed by atoms with Gasteiger partial charge in [-0.3, -0.25) is 14.7 Å². The molecule has 1 saturated heterocycles. The van der Waals surface area contributed by atoms with E-state index in [1.807, 2.05) is 59.4 Å². The fourth-order valence-electron chi connectivity index (χ4n) is 2.70. The summed E-state index contributed by atoms with van der Waals surface area (Å²) in [7, 11) is 1.91. The molecule has 21 heavy (non-hydrogen) atoms. The molecule has 110 valence electrons. The molecule has 0 bridgehead atoms. The molecular formula is C16H20N4O. The van der Waals surface area contributed by atoms with Crippen molar-refractivity contribution in [2.75, 3.05) is 26.2 Å². The molecule has 5 nitrogen and oxygen atoms in total. The Hall–Kier alpha value is -2.14. The number of amides is 1. The molecule has 5 heteroatoms. The highest BCUT2D eigenvalue weighted by Gasteiger charge is 2.23. The second-order valence-electron chi connectivity index (χ2n) is 5.43. The van der Waals surface area contributed by atoms with Crippen LogP contribution < -0.4 is 0 Å². The van der Waals surface area contributed by atoms with Crippen molar-refractivity contribution in [3.05, 3.63) is 54.1 Å². The molecule has 0 spiro atoms. The second kappa shape index (κ2) is 6.10. The van der Waals surface area contributed by atoms with E-state index < -0.39 is 0 Å². The molecule has 1 fully saturated rings. The Morgan fingerprint density at radius 2 is 1.86 bits per heavy atom. The first-order valence-electron chi connectivity index (χ1n) is 7.26. The highest BCUT2D eigenvalue weighted by Crippen LogP contribution is 2.11. The summed E-state index contributed by atoms with van der Waals surface area (Å²) >= 11 is 0. The molecule has 3 rings (SSSR count). The Morgan fingerprint density at radius 3 is 2.48 bits per heavy atom. The minimum atomic E-state index is 0.131. The first-order chi connectivity index (χ1) is 10.2. The van der Waals surface area contributed by atoms with Gasteiger partial charge in [0.05, 0.1) is 0 Å². The molecule has 0 aromatic carbocycles. The van der Waals surface area contributed by atoms with Crippen molar-refractivity contribution >= 4 is 5.91 Å². The number of hydrogen-bond acceptors (Lipinski definition) is 3. The lowest BCUT2D eigenvalue weighted by molar-refractivity contribution is 0.0619. The summed E-state index contributed by atoms with van der Waals surface area (Å²) in [6.07, 6.45) is 5.56. The zero-order valence-corrected chi connectivity index (χ0v) is 12.3. The maximum atomic E-state index is 12.4. The first kappa shape index (κ1) is 13.8. The van der Waals surface area contributed by atoms with E-state index in [0.717, 1.165) is 38.4 Å². The lowest BCUT2D eigenvalue weighted by atomic mass is 10.2. The number of carbonyl (C=O) groups excluding carboxylic acids is 1. The van der Waals surface area contributed by atoms with Crippen LogP contribution in [-0.4, -0.2) is 51.4 Å². The van der Waals surface area contributed by atoms with Gasteiger partial charge in [-0.05, 0) is 29.8 Å². The molecule has 0 atom stereocenters. The molecule has 0 aliphatic carbocycles. The van der Waals surface area contributed by atoms with Crippen molar-refractivity contribution in [3.63, 3.8) is 0 Å². The Labute approximate surface area is 124 Å². The number of hydrogen-bond donors (Lipinski definition) is 0. The third kappa shape index (κ3) is 3.13. The van der Waals surface area contributed by atoms with E-state index in [4.69, 9.17) is 0 Å². The zero-order chi connectivity index (χ0) is 14.7. The van der Waals surface area contributed by atoms with Gasteiger partial charge in [-0.25, -0.2) is 0 Å². The minimum absolute atomic E-state index is 0.131. The number of rotatable bonds is 3. The fraction of sp³-hybridized carbons (Fsp3) is 0.375. The molecule has 2 aromatic rings. The fourth-order valence-corrected chi connectivity index (χ4v) is 2.70. The third-order valence-corrected chi connectivity index (χ3v) is 3.98. The highest BCUT2D eigenvalue weighted by atomic mass is 16.2. The van der Waals surface area contributed by atoms with Gasteiger partial charge in [0.1, 0.15) is 5.69 Å². The van der Waals surface area contributed by atoms with Gasteiger partial charge in [0.25, 0.3) is 5.91 Å². The predicted octanol–water partition coefficient (Wildman–Crippen LogP) is 1.38. The van der Waals surface area contributed by atoms with Crippen LogP contribution in [0.4, 0.5) is 0 Å². The predicted molar refractivity (Wildman–Crippen MR) is 80.8 cm³/mol. The maximum Gasteiger partial charge on any atom is 0.270 e. The van der Waals surface area contributed by atoms with Crippen molar-refractivity contribution in [3.8, 4) is 0 Å². The van der Waals surface area contributed by atoms with Crippen molar-refractivity contribution in [1.29, 1.82) is 0 Å². The SMILES string of the molecule is Cn1cccc1C(=O)N1CCN(Cc2ccncc2)CC1. The summed E-state index contributed by atoms with van der Waals surface area (Å²) in [6, 6.07) is 7.88. The van der Waals surface area contributed by atoms with Crippen LogP contribution in [0.3, 0.4) is 0 Å². The van der Waals surface area contributed by atoms with Crippen LogP contribution in [0.5, 0.6) is 0 Å². The van der Waals surface area contributed by atoms with Crippen LogP contribution in [0.2, 0.25) is 0 Å². The van der Waals surface area contributed by atoms with Crippen LogP contribution in [0, 0.1) is 0 Å². The van der Waals surface area contributed by atoms with E-state index in [9.17, 15) is 4.79 Å². The minimum Gasteiger partial charge on any atom is -0.347 e. The molecule has 1 aliphatic heterocycles. The van der Waals surface area contributed by atoms with E-state index in [1.54, 1.807) is 0 Å². The summed E-state index contributed by atoms with van der Waals surface area (Å²) in [4.78, 5) is 20.8. The quantitative estimate of drug-likeness (QED) is 0.855. The average Bonchev–Trinajstić information content (AvgIpc) is 2.94. The summed E-state index contributed by atoms with van der Waals surface area (Å²) in [5.41, 5.74) is 2.03. The summed E-state index contributed by atoms with van der Waals surface area (Å²) in [6.45, 7) is 4.33. The van der Waals surface area contributed by atoms with Crippen LogP contribution >= 0.6 is 0 Å². The molecule has 0 saturated carbocycles. The molecule has 0 radical (unpaired) electrons. The van der Waals surface area contributed by atoms with Gasteiger partial charge < -0.3 is 9.47 Å². The number of aryl methyl sites for hydroxylation is 1. The van der Waals surface area contributed by atoms with Gasteiger partial charge in [-0.1, -0.05) is 0 Å². The van der Waals surface area contributed by atoms with Crippen molar-refractivity contribution in [1.82, 2.24) is 19.4 Å². The molecule has 1 amide bonds. The van der Waals surface area contributed by atoms with Gasteiger partial charge >= 0.3 is 0 Å². The van der Waals surface area contributed by atoms with Crippen LogP contribution in [-0.2, 0) is 13.6 Å². The number of nitrogens with zero attached hydrogens (tertiary/aromatic N) is 4. The molecule has 3 heterocycles. The molecule has 2 aromatic heterocycles. The number of pyridine rings is 1. The third-order valence-electron chi connectivity index (χ3n) is 3.98. The van der Waals surface area contributed by atoms with Gasteiger partial charge in [0, 0.05) is 58.4 Å². The largest absolute Gasteiger partial charge is 0.347 e. The Kier molecular flexibility index (Phi) is 4.01. The Balaban J connectivity index is 1.56. The van der Waals surface area contributed by atoms with Crippen LogP contribution in [0.25, 0.3) is 0 Å². The number of aromatic nitrogens is 2. The van der Waals surface area contributed by atoms with E-state index in [0.29, 0.717) is 0 Å². The lowest BCUT2D eigenvalue weighted by Crippen LogP contribution is -2.48. The van der Waals surface area contributed by atoms with Gasteiger partial charge in [0.15, 0.2) is 0 Å². The Morgan fingerprint density at radius 1 is 1.14 bits per heavy atom. The zero-order valence-electron chi connectivity index (χ0n) is 12.3. The average molecular weight is 284 g/mol. The number of piperazine rings is 1. The first-order valence-corrected chi connectivity index (χ1v) is 7.26. The smallest absolute Gasteiger partial charge is 0.270 e. The molecule has 1 aliphatic rings.